The largest absolute Gasteiger partial charge is 0.466 e. The highest BCUT2D eigenvalue weighted by atomic mass is 16.5. The third-order valence-electron chi connectivity index (χ3n) is 1.40. The van der Waals surface area contributed by atoms with E-state index in [0.717, 1.165) is 0 Å². The predicted molar refractivity (Wildman–Crippen MR) is 45.8 cm³/mol. The van der Waals surface area contributed by atoms with Gasteiger partial charge in [0.2, 0.25) is 0 Å². The minimum atomic E-state index is -0.706. The fourth-order valence-electron chi connectivity index (χ4n) is 0.841. The number of nitrogens with one attached hydrogen (secondary N) is 2. The lowest BCUT2D eigenvalue weighted by Gasteiger charge is -1.98. The lowest BCUT2D eigenvalue weighted by molar-refractivity contribution is -0.142. The fraction of sp³-hybridized carbons (Fsp3) is 0.429. The van der Waals surface area contributed by atoms with Crippen molar-refractivity contribution in [2.45, 2.75) is 13.3 Å². The molecule has 2 N–H and O–H groups in total. The van der Waals surface area contributed by atoms with Crippen LogP contribution in [0, 0.1) is 0 Å². The normalized spacial score (nSPS) is 9.79. The highest BCUT2D eigenvalue weighted by Crippen LogP contribution is 1.87. The van der Waals surface area contributed by atoms with Gasteiger partial charge in [0.1, 0.15) is 5.69 Å². The highest BCUT2D eigenvalue weighted by Gasteiger charge is 2.09. The molecule has 1 aromatic rings. The average molecular weight is 199 g/mol. The second-order valence-electron chi connectivity index (χ2n) is 2.44. The van der Waals surface area contributed by atoms with Crippen molar-refractivity contribution in [2.75, 3.05) is 6.61 Å². The van der Waals surface area contributed by atoms with Crippen LogP contribution in [0.1, 0.15) is 12.6 Å². The van der Waals surface area contributed by atoms with Crippen LogP contribution in [0.5, 0.6) is 0 Å². The van der Waals surface area contributed by atoms with Crippen LogP contribution in [0.4, 0.5) is 0 Å². The minimum absolute atomic E-state index is 0.0666. The SMILES string of the molecule is CCOC(=O)Cc1n[nH]c(=O)[nH]c1=O. The van der Waals surface area contributed by atoms with Gasteiger partial charge in [-0.3, -0.25) is 14.6 Å². The molecule has 0 saturated carbocycles. The Bertz CT molecular complexity index is 433. The van der Waals surface area contributed by atoms with Gasteiger partial charge in [0.25, 0.3) is 5.56 Å². The Morgan fingerprint density at radius 2 is 2.21 bits per heavy atom. The van der Waals surface area contributed by atoms with E-state index in [4.69, 9.17) is 0 Å². The smallest absolute Gasteiger partial charge is 0.342 e. The Kier molecular flexibility index (Phi) is 3.16. The van der Waals surface area contributed by atoms with Gasteiger partial charge in [-0.2, -0.15) is 5.10 Å². The Hall–Kier alpha value is -1.92. The van der Waals surface area contributed by atoms with E-state index in [1.54, 1.807) is 6.92 Å². The standard InChI is InChI=1S/C7H9N3O4/c1-2-14-5(11)3-4-6(12)8-7(13)10-9-4/h2-3H2,1H3,(H2,8,10,12,13). The van der Waals surface area contributed by atoms with Gasteiger partial charge in [0.05, 0.1) is 13.0 Å². The van der Waals surface area contributed by atoms with Crippen LogP contribution in [0.3, 0.4) is 0 Å². The first-order chi connectivity index (χ1) is 6.63. The van der Waals surface area contributed by atoms with Gasteiger partial charge in [0.15, 0.2) is 0 Å². The number of rotatable bonds is 3. The molecule has 1 rings (SSSR count). The van der Waals surface area contributed by atoms with E-state index in [1.165, 1.54) is 0 Å². The molecule has 0 fully saturated rings. The molecule has 0 aliphatic heterocycles. The van der Waals surface area contributed by atoms with Crippen LogP contribution < -0.4 is 11.2 Å². The zero-order chi connectivity index (χ0) is 10.6. The van der Waals surface area contributed by atoms with Gasteiger partial charge in [-0.25, -0.2) is 9.89 Å². The minimum Gasteiger partial charge on any atom is -0.466 e. The molecule has 0 saturated heterocycles. The van der Waals surface area contributed by atoms with Crippen LogP contribution in [0.25, 0.3) is 0 Å². The molecule has 7 heteroatoms. The molecule has 0 aliphatic carbocycles. The van der Waals surface area contributed by atoms with E-state index >= 15 is 0 Å². The van der Waals surface area contributed by atoms with E-state index in [-0.39, 0.29) is 18.7 Å². The van der Waals surface area contributed by atoms with Crippen LogP contribution in [-0.2, 0) is 16.0 Å². The lowest BCUT2D eigenvalue weighted by Crippen LogP contribution is -2.29. The van der Waals surface area contributed by atoms with E-state index in [0.29, 0.717) is 0 Å². The van der Waals surface area contributed by atoms with Crippen molar-refractivity contribution in [3.05, 3.63) is 26.5 Å². The summed E-state index contributed by atoms with van der Waals surface area (Å²) < 4.78 is 4.61. The van der Waals surface area contributed by atoms with Crippen molar-refractivity contribution < 1.29 is 9.53 Å². The summed E-state index contributed by atoms with van der Waals surface area (Å²) in [5.41, 5.74) is -1.45. The number of hydrogen-bond acceptors (Lipinski definition) is 5. The Morgan fingerprint density at radius 1 is 1.50 bits per heavy atom. The number of nitrogens with zero attached hydrogens (tertiary/aromatic N) is 1. The number of aromatic nitrogens is 3. The van der Waals surface area contributed by atoms with Crippen LogP contribution >= 0.6 is 0 Å². The summed E-state index contributed by atoms with van der Waals surface area (Å²) in [6.07, 6.45) is -0.250. The average Bonchev–Trinajstić information content (AvgIpc) is 2.10. The fourth-order valence-corrected chi connectivity index (χ4v) is 0.841. The molecule has 0 unspecified atom stereocenters. The number of carbonyl (C=O) groups excluding carboxylic acids is 1. The van der Waals surface area contributed by atoms with Gasteiger partial charge < -0.3 is 4.74 Å². The molecule has 14 heavy (non-hydrogen) atoms. The molecule has 1 heterocycles. The molecule has 76 valence electrons. The maximum absolute atomic E-state index is 11.0. The topological polar surface area (TPSA) is 105 Å². The molecule has 0 atom stereocenters. The Morgan fingerprint density at radius 3 is 2.79 bits per heavy atom. The van der Waals surface area contributed by atoms with Gasteiger partial charge in [-0.15, -0.1) is 0 Å². The molecule has 7 nitrogen and oxygen atoms in total. The summed E-state index contributed by atoms with van der Waals surface area (Å²) in [6, 6.07) is 0. The molecule has 0 aromatic carbocycles. The van der Waals surface area contributed by atoms with E-state index in [9.17, 15) is 14.4 Å². The van der Waals surface area contributed by atoms with Crippen molar-refractivity contribution in [1.82, 2.24) is 15.2 Å². The molecular weight excluding hydrogens is 190 g/mol. The Labute approximate surface area is 78.1 Å². The van der Waals surface area contributed by atoms with E-state index < -0.39 is 17.2 Å². The summed E-state index contributed by atoms with van der Waals surface area (Å²) in [4.78, 5) is 34.5. The number of carbonyl (C=O) groups is 1. The third-order valence-corrected chi connectivity index (χ3v) is 1.40. The van der Waals surface area contributed by atoms with Crippen molar-refractivity contribution in [3.8, 4) is 0 Å². The maximum atomic E-state index is 11.0. The van der Waals surface area contributed by atoms with E-state index in [2.05, 4.69) is 9.84 Å². The van der Waals surface area contributed by atoms with Gasteiger partial charge >= 0.3 is 11.7 Å². The molecule has 0 aliphatic rings. The van der Waals surface area contributed by atoms with Crippen LogP contribution in [0.2, 0.25) is 0 Å². The first kappa shape index (κ1) is 10.2. The van der Waals surface area contributed by atoms with Crippen molar-refractivity contribution in [2.24, 2.45) is 0 Å². The molecule has 0 amide bonds. The van der Waals surface area contributed by atoms with E-state index in [1.807, 2.05) is 10.1 Å². The number of ether oxygens (including phenoxy) is 1. The number of hydrogen-bond donors (Lipinski definition) is 2. The highest BCUT2D eigenvalue weighted by molar-refractivity contribution is 5.71. The maximum Gasteiger partial charge on any atom is 0.342 e. The summed E-state index contributed by atoms with van der Waals surface area (Å²) >= 11 is 0. The van der Waals surface area contributed by atoms with Gasteiger partial charge in [-0.1, -0.05) is 0 Å². The first-order valence-corrected chi connectivity index (χ1v) is 3.97. The van der Waals surface area contributed by atoms with Crippen molar-refractivity contribution in [1.29, 1.82) is 0 Å². The van der Waals surface area contributed by atoms with Crippen molar-refractivity contribution >= 4 is 5.97 Å². The number of aromatic amines is 2. The van der Waals surface area contributed by atoms with Crippen molar-refractivity contribution in [3.63, 3.8) is 0 Å². The summed E-state index contributed by atoms with van der Waals surface area (Å²) in [5, 5.41) is 5.44. The number of esters is 1. The van der Waals surface area contributed by atoms with Gasteiger partial charge in [-0.05, 0) is 6.92 Å². The predicted octanol–water partition coefficient (Wildman–Crippen LogP) is -1.44. The first-order valence-electron chi connectivity index (χ1n) is 3.97. The zero-order valence-electron chi connectivity index (χ0n) is 7.49. The monoisotopic (exact) mass is 199 g/mol. The second-order valence-corrected chi connectivity index (χ2v) is 2.44. The second kappa shape index (κ2) is 4.35. The van der Waals surface area contributed by atoms with Gasteiger partial charge in [0, 0.05) is 0 Å². The molecule has 0 radical (unpaired) electrons. The molecule has 1 aromatic heterocycles. The number of H-pyrrole nitrogens is 2. The summed E-state index contributed by atoms with van der Waals surface area (Å²) in [5.74, 6) is -0.558. The lowest BCUT2D eigenvalue weighted by atomic mass is 10.3. The zero-order valence-corrected chi connectivity index (χ0v) is 7.49. The summed E-state index contributed by atoms with van der Waals surface area (Å²) in [6.45, 7) is 1.89. The molecular formula is C7H9N3O4. The quantitative estimate of drug-likeness (QED) is 0.580. The van der Waals surface area contributed by atoms with Crippen LogP contribution in [0.15, 0.2) is 9.59 Å². The molecule has 0 bridgehead atoms. The summed E-state index contributed by atoms with van der Waals surface area (Å²) in [7, 11) is 0. The Balaban J connectivity index is 2.82. The molecule has 0 spiro atoms. The van der Waals surface area contributed by atoms with Crippen LogP contribution in [-0.4, -0.2) is 27.8 Å². The third kappa shape index (κ3) is 2.54.